The van der Waals surface area contributed by atoms with E-state index >= 15 is 0 Å². The third-order valence-electron chi connectivity index (χ3n) is 1.65. The van der Waals surface area contributed by atoms with Crippen LogP contribution in [0.1, 0.15) is 16.7 Å². The van der Waals surface area contributed by atoms with Crippen molar-refractivity contribution in [3.8, 4) is 12.1 Å². The molecule has 1 aromatic rings. The fourth-order valence-electron chi connectivity index (χ4n) is 1.04. The molecule has 0 bridgehead atoms. The average molecular weight is 187 g/mol. The van der Waals surface area contributed by atoms with Crippen LogP contribution < -0.4 is 0 Å². The number of nitro groups is 1. The molecule has 0 spiro atoms. The summed E-state index contributed by atoms with van der Waals surface area (Å²) >= 11 is 0. The highest BCUT2D eigenvalue weighted by Gasteiger charge is 2.08. The third kappa shape index (κ3) is 2.05. The van der Waals surface area contributed by atoms with Gasteiger partial charge in [0, 0.05) is 10.5 Å². The van der Waals surface area contributed by atoms with Crippen LogP contribution in [0.5, 0.6) is 0 Å². The van der Waals surface area contributed by atoms with Gasteiger partial charge in [-0.05, 0) is 18.2 Å². The molecule has 0 aliphatic rings. The van der Waals surface area contributed by atoms with Gasteiger partial charge >= 0.3 is 0 Å². The molecule has 1 aromatic carbocycles. The van der Waals surface area contributed by atoms with Gasteiger partial charge in [-0.3, -0.25) is 10.1 Å². The van der Waals surface area contributed by atoms with Crippen LogP contribution in [0.15, 0.2) is 18.2 Å². The Kier molecular flexibility index (Phi) is 2.78. The predicted octanol–water partition coefficient (Wildman–Crippen LogP) is 1.21. The fourth-order valence-corrected chi connectivity index (χ4v) is 1.04. The van der Waals surface area contributed by atoms with Gasteiger partial charge in [0.15, 0.2) is 0 Å². The summed E-state index contributed by atoms with van der Waals surface area (Å²) < 4.78 is 0. The molecule has 0 saturated carbocycles. The Morgan fingerprint density at radius 2 is 2.07 bits per heavy atom. The molecule has 0 aliphatic carbocycles. The van der Waals surface area contributed by atoms with Gasteiger partial charge in [-0.25, -0.2) is 0 Å². The first-order chi connectivity index (χ1) is 6.67. The van der Waals surface area contributed by atoms with Crippen molar-refractivity contribution in [3.63, 3.8) is 0 Å². The molecule has 0 amide bonds. The minimum atomic E-state index is -0.530. The summed E-state index contributed by atoms with van der Waals surface area (Å²) in [5, 5.41) is 27.4. The molecule has 14 heavy (non-hydrogen) atoms. The average Bonchev–Trinajstić information content (AvgIpc) is 2.16. The highest BCUT2D eigenvalue weighted by Crippen LogP contribution is 2.11. The molecule has 1 rings (SSSR count). The standard InChI is InChI=1S/C9H5N3O2/c10-4-7-1-2-8(5-11)9(3-7)6-12(13)14/h1-3H,6H2. The summed E-state index contributed by atoms with van der Waals surface area (Å²) in [6.45, 7) is -0.432. The molecule has 5 nitrogen and oxygen atoms in total. The van der Waals surface area contributed by atoms with E-state index in [1.54, 1.807) is 0 Å². The second-order valence-electron chi connectivity index (χ2n) is 2.59. The van der Waals surface area contributed by atoms with Gasteiger partial charge in [0.1, 0.15) is 0 Å². The van der Waals surface area contributed by atoms with E-state index in [1.165, 1.54) is 18.2 Å². The van der Waals surface area contributed by atoms with Crippen LogP contribution in [0.4, 0.5) is 0 Å². The van der Waals surface area contributed by atoms with Gasteiger partial charge in [-0.15, -0.1) is 0 Å². The van der Waals surface area contributed by atoms with Crippen LogP contribution in [-0.2, 0) is 6.54 Å². The molecule has 0 fully saturated rings. The maximum atomic E-state index is 10.2. The van der Waals surface area contributed by atoms with Crippen molar-refractivity contribution in [2.45, 2.75) is 6.54 Å². The monoisotopic (exact) mass is 187 g/mol. The number of hydrogen-bond donors (Lipinski definition) is 0. The van der Waals surface area contributed by atoms with Crippen LogP contribution in [0, 0.1) is 32.8 Å². The van der Waals surface area contributed by atoms with E-state index in [9.17, 15) is 10.1 Å². The van der Waals surface area contributed by atoms with E-state index in [2.05, 4.69) is 0 Å². The summed E-state index contributed by atoms with van der Waals surface area (Å²) in [4.78, 5) is 9.72. The molecule has 0 atom stereocenters. The molecule has 0 saturated heterocycles. The van der Waals surface area contributed by atoms with Crippen LogP contribution >= 0.6 is 0 Å². The lowest BCUT2D eigenvalue weighted by atomic mass is 10.1. The summed E-state index contributed by atoms with van der Waals surface area (Å²) in [5.41, 5.74) is 0.832. The summed E-state index contributed by atoms with van der Waals surface area (Å²) in [5.74, 6) is 0. The lowest BCUT2D eigenvalue weighted by Crippen LogP contribution is -2.01. The van der Waals surface area contributed by atoms with E-state index in [-0.39, 0.29) is 11.1 Å². The van der Waals surface area contributed by atoms with Gasteiger partial charge in [0.25, 0.3) is 0 Å². The Bertz CT molecular complexity index is 454. The zero-order valence-electron chi connectivity index (χ0n) is 7.10. The fraction of sp³-hybridized carbons (Fsp3) is 0.111. The topological polar surface area (TPSA) is 90.7 Å². The van der Waals surface area contributed by atoms with Crippen molar-refractivity contribution in [2.24, 2.45) is 0 Å². The maximum Gasteiger partial charge on any atom is 0.230 e. The highest BCUT2D eigenvalue weighted by atomic mass is 16.6. The Labute approximate surface area is 80.0 Å². The van der Waals surface area contributed by atoms with Crippen molar-refractivity contribution in [3.05, 3.63) is 45.0 Å². The minimum absolute atomic E-state index is 0.237. The number of benzene rings is 1. The summed E-state index contributed by atoms with van der Waals surface area (Å²) in [6, 6.07) is 7.94. The van der Waals surface area contributed by atoms with Gasteiger partial charge in [-0.2, -0.15) is 10.5 Å². The lowest BCUT2D eigenvalue weighted by molar-refractivity contribution is -0.496. The zero-order valence-corrected chi connectivity index (χ0v) is 7.10. The van der Waals surface area contributed by atoms with Crippen molar-refractivity contribution in [2.75, 3.05) is 0 Å². The van der Waals surface area contributed by atoms with Crippen LogP contribution in [0.25, 0.3) is 0 Å². The number of nitrogens with zero attached hydrogens (tertiary/aromatic N) is 3. The Balaban J connectivity index is 3.18. The molecule has 0 radical (unpaired) electrons. The van der Waals surface area contributed by atoms with Crippen LogP contribution in [0.2, 0.25) is 0 Å². The number of hydrogen-bond acceptors (Lipinski definition) is 4. The Morgan fingerprint density at radius 3 is 2.57 bits per heavy atom. The summed E-state index contributed by atoms with van der Waals surface area (Å²) in [7, 11) is 0. The van der Waals surface area contributed by atoms with Crippen LogP contribution in [0.3, 0.4) is 0 Å². The largest absolute Gasteiger partial charge is 0.264 e. The molecular weight excluding hydrogens is 182 g/mol. The maximum absolute atomic E-state index is 10.2. The van der Waals surface area contributed by atoms with Gasteiger partial charge in [0.2, 0.25) is 6.54 Å². The van der Waals surface area contributed by atoms with Crippen LogP contribution in [-0.4, -0.2) is 4.92 Å². The molecule has 5 heteroatoms. The second kappa shape index (κ2) is 4.01. The van der Waals surface area contributed by atoms with Gasteiger partial charge < -0.3 is 0 Å². The predicted molar refractivity (Wildman–Crippen MR) is 46.6 cm³/mol. The van der Waals surface area contributed by atoms with Gasteiger partial charge in [0.05, 0.1) is 23.3 Å². The lowest BCUT2D eigenvalue weighted by Gasteiger charge is -1.98. The smallest absolute Gasteiger partial charge is 0.230 e. The normalized spacial score (nSPS) is 8.71. The quantitative estimate of drug-likeness (QED) is 0.513. The Hall–Kier alpha value is -2.40. The first-order valence-electron chi connectivity index (χ1n) is 3.72. The molecule has 68 valence electrons. The van der Waals surface area contributed by atoms with Crippen molar-refractivity contribution >= 4 is 0 Å². The van der Waals surface area contributed by atoms with Crippen molar-refractivity contribution < 1.29 is 4.92 Å². The van der Waals surface area contributed by atoms with E-state index in [0.29, 0.717) is 5.56 Å². The molecule has 0 aromatic heterocycles. The second-order valence-corrected chi connectivity index (χ2v) is 2.59. The van der Waals surface area contributed by atoms with E-state index < -0.39 is 11.5 Å². The first kappa shape index (κ1) is 9.69. The number of nitriles is 2. The molecule has 0 heterocycles. The van der Waals surface area contributed by atoms with E-state index in [4.69, 9.17) is 10.5 Å². The first-order valence-corrected chi connectivity index (χ1v) is 3.72. The van der Waals surface area contributed by atoms with Crippen molar-refractivity contribution in [1.29, 1.82) is 10.5 Å². The van der Waals surface area contributed by atoms with E-state index in [1.807, 2.05) is 12.1 Å². The minimum Gasteiger partial charge on any atom is -0.264 e. The molecule has 0 N–H and O–H groups in total. The Morgan fingerprint density at radius 1 is 1.36 bits per heavy atom. The van der Waals surface area contributed by atoms with Crippen molar-refractivity contribution in [1.82, 2.24) is 0 Å². The molecule has 0 unspecified atom stereocenters. The third-order valence-corrected chi connectivity index (χ3v) is 1.65. The molecular formula is C9H5N3O2. The highest BCUT2D eigenvalue weighted by molar-refractivity contribution is 5.43. The summed E-state index contributed by atoms with van der Waals surface area (Å²) in [6.07, 6.45) is 0. The zero-order chi connectivity index (χ0) is 10.6. The number of rotatable bonds is 2. The van der Waals surface area contributed by atoms with Gasteiger partial charge in [-0.1, -0.05) is 0 Å². The molecule has 0 aliphatic heterocycles. The SMILES string of the molecule is N#Cc1ccc(C#N)c(C[N+](=O)[O-])c1. The van der Waals surface area contributed by atoms with E-state index in [0.717, 1.165) is 0 Å².